The van der Waals surface area contributed by atoms with Gasteiger partial charge in [0.1, 0.15) is 0 Å². The summed E-state index contributed by atoms with van der Waals surface area (Å²) >= 11 is 0. The van der Waals surface area contributed by atoms with Crippen molar-refractivity contribution in [1.29, 1.82) is 0 Å². The summed E-state index contributed by atoms with van der Waals surface area (Å²) < 4.78 is 5.11. The zero-order valence-corrected chi connectivity index (χ0v) is 9.33. The van der Waals surface area contributed by atoms with Crippen LogP contribution < -0.4 is 5.32 Å². The lowest BCUT2D eigenvalue weighted by atomic mass is 10.2. The highest BCUT2D eigenvalue weighted by Crippen LogP contribution is 2.22. The topological polar surface area (TPSA) is 68.0 Å². The number of carbonyl (C=O) groups is 1. The van der Waals surface area contributed by atoms with E-state index >= 15 is 0 Å². The molecule has 0 saturated heterocycles. The first-order valence-electron chi connectivity index (χ1n) is 5.40. The van der Waals surface area contributed by atoms with E-state index in [2.05, 4.69) is 15.5 Å². The van der Waals surface area contributed by atoms with Crippen molar-refractivity contribution >= 4 is 22.7 Å². The van der Waals surface area contributed by atoms with Crippen LogP contribution in [0.4, 0.5) is 5.82 Å². The summed E-state index contributed by atoms with van der Waals surface area (Å²) in [6, 6.07) is 10.7. The summed E-state index contributed by atoms with van der Waals surface area (Å²) in [5.74, 6) is 0.154. The van der Waals surface area contributed by atoms with E-state index in [0.717, 1.165) is 5.39 Å². The molecule has 0 bridgehead atoms. The van der Waals surface area contributed by atoms with E-state index in [0.29, 0.717) is 17.0 Å². The smallest absolute Gasteiger partial charge is 0.258 e. The highest BCUT2D eigenvalue weighted by atomic mass is 16.5. The second-order valence-electron chi connectivity index (χ2n) is 3.72. The Hall–Kier alpha value is -2.69. The van der Waals surface area contributed by atoms with Crippen LogP contribution in [0, 0.1) is 0 Å². The van der Waals surface area contributed by atoms with Gasteiger partial charge in [-0.15, -0.1) is 0 Å². The van der Waals surface area contributed by atoms with Crippen LogP contribution in [0.15, 0.2) is 53.3 Å². The number of anilines is 1. The number of carbonyl (C=O) groups excluding carboxylic acids is 1. The summed E-state index contributed by atoms with van der Waals surface area (Å²) in [6.07, 6.45) is 3.11. The summed E-state index contributed by atoms with van der Waals surface area (Å²) in [6.45, 7) is 0. The molecular weight excluding hydrogens is 230 g/mol. The molecule has 1 amide bonds. The molecule has 5 heteroatoms. The molecule has 2 heterocycles. The molecule has 5 nitrogen and oxygen atoms in total. The van der Waals surface area contributed by atoms with Gasteiger partial charge in [-0.05, 0) is 24.3 Å². The number of aromatic nitrogens is 2. The maximum Gasteiger partial charge on any atom is 0.258 e. The lowest BCUT2D eigenvalue weighted by Crippen LogP contribution is -2.12. The molecule has 18 heavy (non-hydrogen) atoms. The lowest BCUT2D eigenvalue weighted by molar-refractivity contribution is 0.102. The fourth-order valence-electron chi connectivity index (χ4n) is 1.65. The number of amides is 1. The minimum atomic E-state index is -0.262. The van der Waals surface area contributed by atoms with Crippen LogP contribution in [0.1, 0.15) is 10.4 Å². The number of fused-ring (bicyclic) bond motifs is 1. The number of nitrogens with zero attached hydrogens (tertiary/aromatic N) is 2. The summed E-state index contributed by atoms with van der Waals surface area (Å²) in [7, 11) is 0. The van der Waals surface area contributed by atoms with Gasteiger partial charge >= 0.3 is 0 Å². The first-order chi connectivity index (χ1) is 8.84. The van der Waals surface area contributed by atoms with Gasteiger partial charge < -0.3 is 9.84 Å². The van der Waals surface area contributed by atoms with Gasteiger partial charge in [-0.3, -0.25) is 9.78 Å². The minimum absolute atomic E-state index is 0.262. The highest BCUT2D eigenvalue weighted by molar-refractivity contribution is 6.07. The second-order valence-corrected chi connectivity index (χ2v) is 3.72. The van der Waals surface area contributed by atoms with Crippen molar-refractivity contribution in [1.82, 2.24) is 10.1 Å². The Morgan fingerprint density at radius 2 is 2.06 bits per heavy atom. The van der Waals surface area contributed by atoms with E-state index in [1.54, 1.807) is 24.4 Å². The van der Waals surface area contributed by atoms with Crippen molar-refractivity contribution in [2.75, 3.05) is 5.32 Å². The maximum atomic E-state index is 11.9. The van der Waals surface area contributed by atoms with Gasteiger partial charge in [0.2, 0.25) is 0 Å². The Labute approximate surface area is 102 Å². The Morgan fingerprint density at radius 3 is 2.89 bits per heavy atom. The van der Waals surface area contributed by atoms with Gasteiger partial charge in [0, 0.05) is 12.4 Å². The average molecular weight is 239 g/mol. The molecule has 0 aliphatic heterocycles. The van der Waals surface area contributed by atoms with E-state index in [9.17, 15) is 4.79 Å². The van der Waals surface area contributed by atoms with Crippen LogP contribution in [0.5, 0.6) is 0 Å². The van der Waals surface area contributed by atoms with Gasteiger partial charge in [-0.1, -0.05) is 17.3 Å². The number of hydrogen-bond donors (Lipinski definition) is 1. The fraction of sp³-hybridized carbons (Fsp3) is 0. The van der Waals surface area contributed by atoms with E-state index in [4.69, 9.17) is 4.52 Å². The number of nitrogens with one attached hydrogen (secondary N) is 1. The summed E-state index contributed by atoms with van der Waals surface area (Å²) in [5.41, 5.74) is 1.11. The van der Waals surface area contributed by atoms with Gasteiger partial charge in [0.05, 0.1) is 10.9 Å². The normalized spacial score (nSPS) is 10.4. The Balaban J connectivity index is 1.91. The van der Waals surface area contributed by atoms with Crippen LogP contribution >= 0.6 is 0 Å². The first-order valence-corrected chi connectivity index (χ1v) is 5.40. The maximum absolute atomic E-state index is 11.9. The molecule has 0 spiro atoms. The quantitative estimate of drug-likeness (QED) is 0.745. The van der Waals surface area contributed by atoms with Gasteiger partial charge in [-0.25, -0.2) is 0 Å². The molecule has 1 aromatic carbocycles. The molecule has 3 rings (SSSR count). The Kier molecular flexibility index (Phi) is 2.49. The summed E-state index contributed by atoms with van der Waals surface area (Å²) in [5, 5.41) is 7.30. The van der Waals surface area contributed by atoms with Crippen molar-refractivity contribution in [3.05, 3.63) is 54.4 Å². The van der Waals surface area contributed by atoms with Crippen molar-refractivity contribution in [2.45, 2.75) is 0 Å². The molecule has 88 valence electrons. The number of benzene rings is 1. The number of hydrogen-bond acceptors (Lipinski definition) is 4. The molecule has 0 saturated carbocycles. The van der Waals surface area contributed by atoms with Crippen molar-refractivity contribution in [3.63, 3.8) is 0 Å². The van der Waals surface area contributed by atoms with Crippen LogP contribution in [0.25, 0.3) is 11.0 Å². The molecule has 1 N–H and O–H groups in total. The van der Waals surface area contributed by atoms with E-state index in [1.165, 1.54) is 6.20 Å². The molecule has 2 aromatic heterocycles. The van der Waals surface area contributed by atoms with Crippen LogP contribution in [0.3, 0.4) is 0 Å². The molecule has 0 unspecified atom stereocenters. The summed E-state index contributed by atoms with van der Waals surface area (Å²) in [4.78, 5) is 15.8. The van der Waals surface area contributed by atoms with Crippen LogP contribution in [-0.2, 0) is 0 Å². The third-order valence-corrected chi connectivity index (χ3v) is 2.53. The molecule has 0 aliphatic carbocycles. The molecular formula is C13H9N3O2. The van der Waals surface area contributed by atoms with E-state index in [-0.39, 0.29) is 5.91 Å². The standard InChI is InChI=1S/C13H9N3O2/c17-13(9-4-3-7-14-8-9)15-12-10-5-1-2-6-11(10)18-16-12/h1-8H,(H,15,16,17). The molecule has 0 aliphatic rings. The molecule has 0 atom stereocenters. The third-order valence-electron chi connectivity index (χ3n) is 2.53. The van der Waals surface area contributed by atoms with Gasteiger partial charge in [-0.2, -0.15) is 0 Å². The number of para-hydroxylation sites is 1. The Morgan fingerprint density at radius 1 is 1.17 bits per heavy atom. The van der Waals surface area contributed by atoms with Gasteiger partial charge in [0.15, 0.2) is 11.4 Å². The fourth-order valence-corrected chi connectivity index (χ4v) is 1.65. The zero-order chi connectivity index (χ0) is 12.4. The number of rotatable bonds is 2. The van der Waals surface area contributed by atoms with E-state index in [1.807, 2.05) is 18.2 Å². The van der Waals surface area contributed by atoms with Gasteiger partial charge in [0.25, 0.3) is 5.91 Å². The number of pyridine rings is 1. The SMILES string of the molecule is O=C(Nc1noc2ccccc12)c1cccnc1. The average Bonchev–Trinajstić information content (AvgIpc) is 2.83. The van der Waals surface area contributed by atoms with Crippen LogP contribution in [-0.4, -0.2) is 16.0 Å². The molecule has 0 fully saturated rings. The molecule has 3 aromatic rings. The lowest BCUT2D eigenvalue weighted by Gasteiger charge is -2.00. The predicted molar refractivity (Wildman–Crippen MR) is 66.2 cm³/mol. The molecule has 0 radical (unpaired) electrons. The van der Waals surface area contributed by atoms with Crippen molar-refractivity contribution in [3.8, 4) is 0 Å². The Bertz CT molecular complexity index is 692. The van der Waals surface area contributed by atoms with Crippen molar-refractivity contribution in [2.24, 2.45) is 0 Å². The highest BCUT2D eigenvalue weighted by Gasteiger charge is 2.11. The van der Waals surface area contributed by atoms with Crippen LogP contribution in [0.2, 0.25) is 0 Å². The minimum Gasteiger partial charge on any atom is -0.354 e. The zero-order valence-electron chi connectivity index (χ0n) is 9.33. The first kappa shape index (κ1) is 10.5. The van der Waals surface area contributed by atoms with Crippen molar-refractivity contribution < 1.29 is 9.32 Å². The van der Waals surface area contributed by atoms with E-state index < -0.39 is 0 Å². The largest absolute Gasteiger partial charge is 0.354 e. The predicted octanol–water partition coefficient (Wildman–Crippen LogP) is 2.48. The third kappa shape index (κ3) is 1.82. The monoisotopic (exact) mass is 239 g/mol. The second kappa shape index (κ2) is 4.29.